The Hall–Kier alpha value is -2.34. The fourth-order valence-corrected chi connectivity index (χ4v) is 5.49. The number of sulfonamides is 1. The lowest BCUT2D eigenvalue weighted by molar-refractivity contribution is -0.123. The van der Waals surface area contributed by atoms with Crippen molar-refractivity contribution in [2.24, 2.45) is 0 Å². The van der Waals surface area contributed by atoms with Gasteiger partial charge in [-0.3, -0.25) is 9.52 Å². The van der Waals surface area contributed by atoms with E-state index in [0.717, 1.165) is 47.9 Å². The summed E-state index contributed by atoms with van der Waals surface area (Å²) in [7, 11) is -3.68. The second kappa shape index (κ2) is 8.19. The maximum Gasteiger partial charge on any atom is 0.262 e. The standard InChI is InChI=1S/C23H30N2O3S/c1-5-6-13-24-22(26)23(11-12-23)19-7-9-20(10-8-19)25-29(27,28)21-17(3)14-16(2)15-18(21)4/h7-10,14-15,25H,5-6,11-13H2,1-4H3,(H,24,26). The molecule has 0 aromatic heterocycles. The van der Waals surface area contributed by atoms with Crippen molar-refractivity contribution >= 4 is 21.6 Å². The van der Waals surface area contributed by atoms with Crippen LogP contribution < -0.4 is 10.0 Å². The summed E-state index contributed by atoms with van der Waals surface area (Å²) < 4.78 is 28.5. The van der Waals surface area contributed by atoms with Crippen LogP contribution >= 0.6 is 0 Å². The number of unbranched alkanes of at least 4 members (excludes halogenated alkanes) is 1. The minimum Gasteiger partial charge on any atom is -0.355 e. The molecule has 1 aliphatic rings. The Morgan fingerprint density at radius 3 is 2.14 bits per heavy atom. The van der Waals surface area contributed by atoms with Gasteiger partial charge in [-0.1, -0.05) is 43.2 Å². The average Bonchev–Trinajstić information content (AvgIpc) is 3.43. The van der Waals surface area contributed by atoms with E-state index in [0.29, 0.717) is 17.1 Å². The molecule has 1 fully saturated rings. The topological polar surface area (TPSA) is 75.3 Å². The molecule has 29 heavy (non-hydrogen) atoms. The minimum absolute atomic E-state index is 0.0742. The summed E-state index contributed by atoms with van der Waals surface area (Å²) in [4.78, 5) is 12.9. The Morgan fingerprint density at radius 1 is 1.03 bits per heavy atom. The number of hydrogen-bond donors (Lipinski definition) is 2. The van der Waals surface area contributed by atoms with Crippen molar-refractivity contribution < 1.29 is 13.2 Å². The Bertz CT molecular complexity index is 984. The van der Waals surface area contributed by atoms with Crippen molar-refractivity contribution in [1.29, 1.82) is 0 Å². The van der Waals surface area contributed by atoms with Crippen molar-refractivity contribution in [3.63, 3.8) is 0 Å². The van der Waals surface area contributed by atoms with Gasteiger partial charge in [0.05, 0.1) is 10.3 Å². The smallest absolute Gasteiger partial charge is 0.262 e. The number of anilines is 1. The predicted molar refractivity (Wildman–Crippen MR) is 117 cm³/mol. The van der Waals surface area contributed by atoms with Gasteiger partial charge in [-0.25, -0.2) is 8.42 Å². The number of aryl methyl sites for hydroxylation is 3. The van der Waals surface area contributed by atoms with Crippen molar-refractivity contribution in [2.75, 3.05) is 11.3 Å². The molecule has 6 heteroatoms. The van der Waals surface area contributed by atoms with E-state index in [9.17, 15) is 13.2 Å². The quantitative estimate of drug-likeness (QED) is 0.630. The van der Waals surface area contributed by atoms with E-state index < -0.39 is 15.4 Å². The lowest BCUT2D eigenvalue weighted by atomic mass is 9.94. The average molecular weight is 415 g/mol. The number of hydrogen-bond acceptors (Lipinski definition) is 3. The van der Waals surface area contributed by atoms with Crippen LogP contribution in [0.5, 0.6) is 0 Å². The molecule has 0 spiro atoms. The molecule has 3 rings (SSSR count). The van der Waals surface area contributed by atoms with Gasteiger partial charge in [0.2, 0.25) is 5.91 Å². The van der Waals surface area contributed by atoms with Gasteiger partial charge in [-0.05, 0) is 68.9 Å². The third-order valence-electron chi connectivity index (χ3n) is 5.56. The number of rotatable bonds is 8. The highest BCUT2D eigenvalue weighted by molar-refractivity contribution is 7.92. The van der Waals surface area contributed by atoms with Crippen LogP contribution in [0.3, 0.4) is 0 Å². The second-order valence-electron chi connectivity index (χ2n) is 8.10. The molecule has 0 aliphatic heterocycles. The van der Waals surface area contributed by atoms with Crippen LogP contribution in [0.2, 0.25) is 0 Å². The molecular weight excluding hydrogens is 384 g/mol. The molecule has 1 aliphatic carbocycles. The minimum atomic E-state index is -3.68. The van der Waals surface area contributed by atoms with Gasteiger partial charge < -0.3 is 5.32 Å². The number of carbonyl (C=O) groups is 1. The zero-order valence-electron chi connectivity index (χ0n) is 17.6. The lowest BCUT2D eigenvalue weighted by Gasteiger charge is -2.17. The normalized spacial score (nSPS) is 15.0. The van der Waals surface area contributed by atoms with Crippen molar-refractivity contribution in [3.8, 4) is 0 Å². The fourth-order valence-electron chi connectivity index (χ4n) is 3.97. The lowest BCUT2D eigenvalue weighted by Crippen LogP contribution is -2.35. The summed E-state index contributed by atoms with van der Waals surface area (Å²) in [6.07, 6.45) is 3.68. The van der Waals surface area contributed by atoms with Crippen LogP contribution in [0.25, 0.3) is 0 Å². The van der Waals surface area contributed by atoms with Gasteiger partial charge in [0.1, 0.15) is 0 Å². The molecule has 1 saturated carbocycles. The summed E-state index contributed by atoms with van der Waals surface area (Å²) >= 11 is 0. The van der Waals surface area contributed by atoms with Gasteiger partial charge >= 0.3 is 0 Å². The van der Waals surface area contributed by atoms with Crippen molar-refractivity contribution in [1.82, 2.24) is 5.32 Å². The van der Waals surface area contributed by atoms with Crippen molar-refractivity contribution in [2.45, 2.75) is 63.7 Å². The van der Waals surface area contributed by atoms with Crippen molar-refractivity contribution in [3.05, 3.63) is 58.7 Å². The number of benzene rings is 2. The molecule has 0 heterocycles. The van der Waals surface area contributed by atoms with E-state index in [4.69, 9.17) is 0 Å². The Morgan fingerprint density at radius 2 is 1.62 bits per heavy atom. The largest absolute Gasteiger partial charge is 0.355 e. The van der Waals surface area contributed by atoms with E-state index >= 15 is 0 Å². The van der Waals surface area contributed by atoms with E-state index in [2.05, 4.69) is 17.0 Å². The number of amides is 1. The maximum atomic E-state index is 12.9. The summed E-state index contributed by atoms with van der Waals surface area (Å²) in [5.74, 6) is 0.0742. The third-order valence-corrected chi connectivity index (χ3v) is 7.25. The van der Waals surface area contributed by atoms with Gasteiger partial charge in [-0.2, -0.15) is 0 Å². The van der Waals surface area contributed by atoms with E-state index in [1.807, 2.05) is 45.0 Å². The fraction of sp³-hybridized carbons (Fsp3) is 0.435. The van der Waals surface area contributed by atoms with E-state index in [1.54, 1.807) is 12.1 Å². The Kier molecular flexibility index (Phi) is 6.03. The molecule has 1 amide bonds. The molecule has 2 aromatic rings. The Balaban J connectivity index is 1.77. The van der Waals surface area contributed by atoms with Crippen LogP contribution in [0.1, 0.15) is 54.9 Å². The van der Waals surface area contributed by atoms with Gasteiger partial charge in [-0.15, -0.1) is 0 Å². The molecule has 0 radical (unpaired) electrons. The first kappa shape index (κ1) is 21.4. The highest BCUT2D eigenvalue weighted by Crippen LogP contribution is 2.48. The molecule has 0 unspecified atom stereocenters. The Labute approximate surface area is 174 Å². The van der Waals surface area contributed by atoms with E-state index in [-0.39, 0.29) is 5.91 Å². The van der Waals surface area contributed by atoms with Gasteiger partial charge in [0.15, 0.2) is 0 Å². The van der Waals surface area contributed by atoms with Crippen LogP contribution in [0.15, 0.2) is 41.3 Å². The molecule has 2 aromatic carbocycles. The summed E-state index contributed by atoms with van der Waals surface area (Å²) in [5, 5.41) is 3.03. The number of nitrogens with one attached hydrogen (secondary N) is 2. The molecule has 2 N–H and O–H groups in total. The molecule has 0 saturated heterocycles. The molecule has 156 valence electrons. The molecule has 5 nitrogen and oxygen atoms in total. The second-order valence-corrected chi connectivity index (χ2v) is 9.72. The highest BCUT2D eigenvalue weighted by Gasteiger charge is 2.50. The van der Waals surface area contributed by atoms with Gasteiger partial charge in [0.25, 0.3) is 10.0 Å². The van der Waals surface area contributed by atoms with E-state index in [1.165, 1.54) is 0 Å². The monoisotopic (exact) mass is 414 g/mol. The third kappa shape index (κ3) is 4.47. The molecular formula is C23H30N2O3S. The van der Waals surface area contributed by atoms with Crippen LogP contribution in [0, 0.1) is 20.8 Å². The maximum absolute atomic E-state index is 12.9. The zero-order chi connectivity index (χ0) is 21.2. The predicted octanol–water partition coefficient (Wildman–Crippen LogP) is 4.36. The summed E-state index contributed by atoms with van der Waals surface area (Å²) in [6.45, 7) is 8.37. The highest BCUT2D eigenvalue weighted by atomic mass is 32.2. The zero-order valence-corrected chi connectivity index (χ0v) is 18.4. The van der Waals surface area contributed by atoms with Gasteiger partial charge in [0, 0.05) is 12.2 Å². The van der Waals surface area contributed by atoms with Crippen LogP contribution in [0.4, 0.5) is 5.69 Å². The number of carbonyl (C=O) groups excluding carboxylic acids is 1. The van der Waals surface area contributed by atoms with Crippen LogP contribution in [-0.2, 0) is 20.2 Å². The summed E-state index contributed by atoms with van der Waals surface area (Å²) in [6, 6.07) is 11.0. The molecule has 0 bridgehead atoms. The molecule has 0 atom stereocenters. The first-order chi connectivity index (χ1) is 13.7. The SMILES string of the molecule is CCCCNC(=O)C1(c2ccc(NS(=O)(=O)c3c(C)cc(C)cc3C)cc2)CC1. The summed E-state index contributed by atoms with van der Waals surface area (Å²) in [5.41, 5.74) is 3.48. The first-order valence-electron chi connectivity index (χ1n) is 10.2. The first-order valence-corrected chi connectivity index (χ1v) is 11.7. The van der Waals surface area contributed by atoms with Crippen LogP contribution in [-0.4, -0.2) is 20.9 Å².